The molecule has 186 valence electrons. The molecule has 4 heterocycles. The van der Waals surface area contributed by atoms with Gasteiger partial charge in [-0.3, -0.25) is 4.40 Å². The van der Waals surface area contributed by atoms with Crippen LogP contribution in [0.25, 0.3) is 71.0 Å². The lowest BCUT2D eigenvalue weighted by Crippen LogP contribution is -2.30. The van der Waals surface area contributed by atoms with Gasteiger partial charge in [0, 0.05) is 26.9 Å². The van der Waals surface area contributed by atoms with Crippen LogP contribution in [0.1, 0.15) is 0 Å². The first-order chi connectivity index (χ1) is 19.8. The molecule has 1 unspecified atom stereocenters. The maximum atomic E-state index is 6.76. The molecule has 0 saturated heterocycles. The maximum absolute atomic E-state index is 6.76. The molecule has 5 aromatic carbocycles. The van der Waals surface area contributed by atoms with E-state index in [0.29, 0.717) is 0 Å². The van der Waals surface area contributed by atoms with Crippen molar-refractivity contribution in [3.63, 3.8) is 0 Å². The summed E-state index contributed by atoms with van der Waals surface area (Å²) >= 11 is 0. The summed E-state index contributed by atoms with van der Waals surface area (Å²) in [5.41, 5.74) is 8.48. The van der Waals surface area contributed by atoms with Crippen LogP contribution < -0.4 is 5.32 Å². The third kappa shape index (κ3) is 2.53. The quantitative estimate of drug-likeness (QED) is 0.238. The minimum atomic E-state index is 0.0601. The number of hydrogen-bond donors (Lipinski definition) is 1. The summed E-state index contributed by atoms with van der Waals surface area (Å²) in [6.45, 7) is 0. The summed E-state index contributed by atoms with van der Waals surface area (Å²) < 4.78 is 9.11. The van der Waals surface area contributed by atoms with Crippen molar-refractivity contribution in [3.8, 4) is 11.1 Å². The van der Waals surface area contributed by atoms with Gasteiger partial charge in [0.15, 0.2) is 5.58 Å². The number of fused-ring (bicyclic) bond motifs is 12. The number of benzene rings is 5. The number of nitrogens with one attached hydrogen (secondary N) is 1. The summed E-state index contributed by atoms with van der Waals surface area (Å²) in [5.74, 6) is 1.03. The zero-order valence-corrected chi connectivity index (χ0v) is 21.3. The number of allylic oxidation sites excluding steroid dienone is 2. The highest BCUT2D eigenvalue weighted by Gasteiger charge is 2.29. The second kappa shape index (κ2) is 7.19. The molecule has 1 N–H and O–H groups in total. The Morgan fingerprint density at radius 2 is 1.48 bits per heavy atom. The van der Waals surface area contributed by atoms with E-state index < -0.39 is 0 Å². The molecule has 3 aromatic heterocycles. The molecule has 0 fully saturated rings. The minimum absolute atomic E-state index is 0.0601. The number of anilines is 1. The Bertz CT molecular complexity index is 2470. The molecule has 8 aromatic rings. The van der Waals surface area contributed by atoms with E-state index in [-0.39, 0.29) is 6.04 Å². The van der Waals surface area contributed by atoms with E-state index in [1.165, 1.54) is 32.6 Å². The van der Waals surface area contributed by atoms with Crippen molar-refractivity contribution in [2.24, 2.45) is 4.99 Å². The first-order valence-corrected chi connectivity index (χ1v) is 13.7. The second-order valence-electron chi connectivity index (χ2n) is 10.9. The smallest absolute Gasteiger partial charge is 0.160 e. The third-order valence-corrected chi connectivity index (χ3v) is 8.71. The molecule has 4 heteroatoms. The Kier molecular flexibility index (Phi) is 3.70. The largest absolute Gasteiger partial charge is 0.454 e. The van der Waals surface area contributed by atoms with Gasteiger partial charge in [0.05, 0.1) is 22.8 Å². The van der Waals surface area contributed by atoms with Crippen molar-refractivity contribution in [1.82, 2.24) is 4.40 Å². The lowest BCUT2D eigenvalue weighted by Gasteiger charge is -2.23. The van der Waals surface area contributed by atoms with E-state index in [2.05, 4.69) is 125 Å². The van der Waals surface area contributed by atoms with Crippen molar-refractivity contribution in [3.05, 3.63) is 115 Å². The zero-order chi connectivity index (χ0) is 25.9. The fourth-order valence-electron chi connectivity index (χ4n) is 6.86. The molecule has 0 radical (unpaired) electrons. The van der Waals surface area contributed by atoms with Crippen LogP contribution in [0.5, 0.6) is 0 Å². The van der Waals surface area contributed by atoms with Gasteiger partial charge in [0.1, 0.15) is 17.1 Å². The van der Waals surface area contributed by atoms with Gasteiger partial charge >= 0.3 is 0 Å². The standard InChI is InChI=1S/C36H21N3O/c1-2-7-21-18-22(13-12-20(21)6-1)23-14-15-24-27-17-16-26-25-8-5-9-28-32-36(38-30-11-4-3-10-29(30)37-32)39(33(25)28)34(26)35(27)40-31(24)19-23/h1-19,30,38H. The highest BCUT2D eigenvalue weighted by atomic mass is 16.3. The Hall–Kier alpha value is -5.35. The van der Waals surface area contributed by atoms with E-state index in [1.54, 1.807) is 0 Å². The van der Waals surface area contributed by atoms with Crippen molar-refractivity contribution < 1.29 is 4.42 Å². The van der Waals surface area contributed by atoms with Crippen molar-refractivity contribution in [2.75, 3.05) is 5.32 Å². The predicted molar refractivity (Wildman–Crippen MR) is 167 cm³/mol. The Balaban J connectivity index is 1.27. The lowest BCUT2D eigenvalue weighted by atomic mass is 10.00. The highest BCUT2D eigenvalue weighted by Crippen LogP contribution is 2.48. The number of hydrogen-bond acceptors (Lipinski definition) is 3. The molecule has 0 bridgehead atoms. The van der Waals surface area contributed by atoms with Gasteiger partial charge in [-0.2, -0.15) is 0 Å². The fraction of sp³-hybridized carbons (Fsp3) is 0.0278. The molecular weight excluding hydrogens is 490 g/mol. The molecule has 1 aliphatic heterocycles. The van der Waals surface area contributed by atoms with Crippen molar-refractivity contribution in [2.45, 2.75) is 6.04 Å². The van der Waals surface area contributed by atoms with E-state index in [1.807, 2.05) is 0 Å². The molecule has 1 aliphatic carbocycles. The van der Waals surface area contributed by atoms with Crippen LogP contribution in [-0.2, 0) is 0 Å². The van der Waals surface area contributed by atoms with Crippen molar-refractivity contribution >= 4 is 77.1 Å². The van der Waals surface area contributed by atoms with Gasteiger partial charge in [-0.25, -0.2) is 4.99 Å². The molecule has 0 amide bonds. The molecule has 2 aliphatic rings. The topological polar surface area (TPSA) is 41.9 Å². The first kappa shape index (κ1) is 20.6. The van der Waals surface area contributed by atoms with E-state index in [4.69, 9.17) is 9.41 Å². The normalized spacial score (nSPS) is 16.4. The number of nitrogens with zero attached hydrogens (tertiary/aromatic N) is 2. The average molecular weight is 512 g/mol. The van der Waals surface area contributed by atoms with Crippen LogP contribution in [0, 0.1) is 0 Å². The van der Waals surface area contributed by atoms with Crippen LogP contribution in [0.3, 0.4) is 0 Å². The average Bonchev–Trinajstić information content (AvgIpc) is 3.66. The van der Waals surface area contributed by atoms with E-state index >= 15 is 0 Å². The summed E-state index contributed by atoms with van der Waals surface area (Å²) in [6, 6.07) is 32.8. The van der Waals surface area contributed by atoms with Crippen LogP contribution in [0.2, 0.25) is 0 Å². The number of para-hydroxylation sites is 1. The molecule has 40 heavy (non-hydrogen) atoms. The Morgan fingerprint density at radius 3 is 2.45 bits per heavy atom. The monoisotopic (exact) mass is 511 g/mol. The van der Waals surface area contributed by atoms with Crippen molar-refractivity contribution in [1.29, 1.82) is 0 Å². The number of rotatable bonds is 1. The molecular formula is C36H21N3O. The van der Waals surface area contributed by atoms with Gasteiger partial charge in [-0.15, -0.1) is 0 Å². The summed E-state index contributed by atoms with van der Waals surface area (Å²) in [4.78, 5) is 5.12. The van der Waals surface area contributed by atoms with Gasteiger partial charge in [0.25, 0.3) is 0 Å². The van der Waals surface area contributed by atoms with Crippen LogP contribution >= 0.6 is 0 Å². The number of aromatic nitrogens is 1. The van der Waals surface area contributed by atoms with Crippen LogP contribution in [-0.4, -0.2) is 16.2 Å². The SMILES string of the molecule is C1=CC2=Nc3c(n4c5c3cccc5c3ccc5c6ccc(-c7ccc8ccccc8c7)cc6oc5c34)NC2C=C1. The highest BCUT2D eigenvalue weighted by molar-refractivity contribution is 6.27. The van der Waals surface area contributed by atoms with Gasteiger partial charge in [-0.1, -0.05) is 85.0 Å². The lowest BCUT2D eigenvalue weighted by molar-refractivity contribution is 0.671. The molecule has 0 spiro atoms. The third-order valence-electron chi connectivity index (χ3n) is 8.71. The Morgan fingerprint density at radius 1 is 0.675 bits per heavy atom. The summed E-state index contributed by atoms with van der Waals surface area (Å²) in [6.07, 6.45) is 8.40. The summed E-state index contributed by atoms with van der Waals surface area (Å²) in [7, 11) is 0. The van der Waals surface area contributed by atoms with Gasteiger partial charge in [0.2, 0.25) is 0 Å². The first-order valence-electron chi connectivity index (χ1n) is 13.7. The maximum Gasteiger partial charge on any atom is 0.160 e. The van der Waals surface area contributed by atoms with Gasteiger partial charge < -0.3 is 9.73 Å². The molecule has 1 atom stereocenters. The molecule has 0 saturated carbocycles. The van der Waals surface area contributed by atoms with Crippen LogP contribution in [0.15, 0.2) is 125 Å². The second-order valence-corrected chi connectivity index (χ2v) is 10.9. The molecule has 4 nitrogen and oxygen atoms in total. The zero-order valence-electron chi connectivity index (χ0n) is 21.3. The number of furan rings is 1. The summed E-state index contributed by atoms with van der Waals surface area (Å²) in [5, 5.41) is 12.1. The fourth-order valence-corrected chi connectivity index (χ4v) is 6.86. The Labute approximate surface area is 228 Å². The number of aliphatic imine (C=N–C) groups is 1. The van der Waals surface area contributed by atoms with E-state index in [0.717, 1.165) is 55.6 Å². The van der Waals surface area contributed by atoms with Gasteiger partial charge in [-0.05, 0) is 52.2 Å². The van der Waals surface area contributed by atoms with Crippen LogP contribution in [0.4, 0.5) is 11.5 Å². The van der Waals surface area contributed by atoms with E-state index in [9.17, 15) is 0 Å². The minimum Gasteiger partial charge on any atom is -0.454 e. The predicted octanol–water partition coefficient (Wildman–Crippen LogP) is 9.40. The molecule has 10 rings (SSSR count).